The van der Waals surface area contributed by atoms with Crippen molar-refractivity contribution in [3.05, 3.63) is 24.0 Å². The molecule has 4 heteroatoms. The molecule has 1 fully saturated rings. The first-order chi connectivity index (χ1) is 8.19. The number of hydrogen-bond donors (Lipinski definition) is 2. The molecule has 0 spiro atoms. The van der Waals surface area contributed by atoms with Crippen LogP contribution in [0.4, 0.5) is 10.1 Å². The lowest BCUT2D eigenvalue weighted by Gasteiger charge is -2.27. The molecule has 0 atom stereocenters. The first-order valence-electron chi connectivity index (χ1n) is 6.04. The van der Waals surface area contributed by atoms with Gasteiger partial charge in [-0.1, -0.05) is 0 Å². The molecule has 1 saturated carbocycles. The number of benzene rings is 1. The van der Waals surface area contributed by atoms with Crippen molar-refractivity contribution in [3.8, 4) is 5.75 Å². The standard InChI is InChI=1S/C13H19FN2O/c1-17-13-8-11(6-7-12(13)14)16-10-4-2-9(15)3-5-10/h6-10,16H,2-5,15H2,1H3. The highest BCUT2D eigenvalue weighted by molar-refractivity contribution is 5.49. The van der Waals surface area contributed by atoms with Gasteiger partial charge in [-0.15, -0.1) is 0 Å². The molecule has 1 aliphatic carbocycles. The van der Waals surface area contributed by atoms with Gasteiger partial charge in [0.25, 0.3) is 0 Å². The minimum atomic E-state index is -0.330. The van der Waals surface area contributed by atoms with Crippen LogP contribution in [0.25, 0.3) is 0 Å². The minimum Gasteiger partial charge on any atom is -0.494 e. The molecule has 2 rings (SSSR count). The van der Waals surface area contributed by atoms with Gasteiger partial charge in [-0.2, -0.15) is 0 Å². The van der Waals surface area contributed by atoms with Crippen LogP contribution in [-0.4, -0.2) is 19.2 Å². The fourth-order valence-electron chi connectivity index (χ4n) is 2.25. The number of halogens is 1. The molecular formula is C13H19FN2O. The van der Waals surface area contributed by atoms with Crippen molar-refractivity contribution in [2.24, 2.45) is 5.73 Å². The zero-order valence-corrected chi connectivity index (χ0v) is 10.1. The van der Waals surface area contributed by atoms with Gasteiger partial charge in [-0.25, -0.2) is 4.39 Å². The Kier molecular flexibility index (Phi) is 3.84. The zero-order chi connectivity index (χ0) is 12.3. The van der Waals surface area contributed by atoms with Crippen LogP contribution in [0.2, 0.25) is 0 Å². The fraction of sp³-hybridized carbons (Fsp3) is 0.538. The average Bonchev–Trinajstić information content (AvgIpc) is 2.34. The maximum atomic E-state index is 13.2. The Balaban J connectivity index is 1.99. The largest absolute Gasteiger partial charge is 0.494 e. The molecular weight excluding hydrogens is 219 g/mol. The number of rotatable bonds is 3. The zero-order valence-electron chi connectivity index (χ0n) is 10.1. The van der Waals surface area contributed by atoms with Gasteiger partial charge in [0.15, 0.2) is 11.6 Å². The van der Waals surface area contributed by atoms with E-state index in [1.807, 2.05) is 0 Å². The monoisotopic (exact) mass is 238 g/mol. The molecule has 3 nitrogen and oxygen atoms in total. The first kappa shape index (κ1) is 12.2. The summed E-state index contributed by atoms with van der Waals surface area (Å²) < 4.78 is 18.2. The van der Waals surface area contributed by atoms with Gasteiger partial charge in [0, 0.05) is 23.8 Å². The molecule has 3 N–H and O–H groups in total. The number of anilines is 1. The molecule has 0 aromatic heterocycles. The summed E-state index contributed by atoms with van der Waals surface area (Å²) in [5.74, 6) is -0.0498. The third-order valence-corrected chi connectivity index (χ3v) is 3.29. The summed E-state index contributed by atoms with van der Waals surface area (Å²) in [4.78, 5) is 0. The molecule has 0 saturated heterocycles. The third-order valence-electron chi connectivity index (χ3n) is 3.29. The Bertz CT molecular complexity index is 376. The lowest BCUT2D eigenvalue weighted by atomic mass is 9.91. The summed E-state index contributed by atoms with van der Waals surface area (Å²) in [5, 5.41) is 3.40. The topological polar surface area (TPSA) is 47.3 Å². The van der Waals surface area contributed by atoms with Gasteiger partial charge in [0.2, 0.25) is 0 Å². The highest BCUT2D eigenvalue weighted by atomic mass is 19.1. The summed E-state index contributed by atoms with van der Waals surface area (Å²) in [5.41, 5.74) is 6.76. The van der Waals surface area contributed by atoms with E-state index in [2.05, 4.69) is 5.32 Å². The normalized spacial score (nSPS) is 24.4. The summed E-state index contributed by atoms with van der Waals surface area (Å²) in [7, 11) is 1.47. The predicted molar refractivity (Wildman–Crippen MR) is 66.8 cm³/mol. The van der Waals surface area contributed by atoms with E-state index in [1.54, 1.807) is 12.1 Å². The highest BCUT2D eigenvalue weighted by Gasteiger charge is 2.18. The Hall–Kier alpha value is -1.29. The lowest BCUT2D eigenvalue weighted by Crippen LogP contribution is -2.32. The first-order valence-corrected chi connectivity index (χ1v) is 6.04. The fourth-order valence-corrected chi connectivity index (χ4v) is 2.25. The number of hydrogen-bond acceptors (Lipinski definition) is 3. The van der Waals surface area contributed by atoms with Crippen LogP contribution in [0.5, 0.6) is 5.75 Å². The summed E-state index contributed by atoms with van der Waals surface area (Å²) in [6.07, 6.45) is 4.24. The van der Waals surface area contributed by atoms with Crippen molar-refractivity contribution in [2.75, 3.05) is 12.4 Å². The molecule has 0 radical (unpaired) electrons. The summed E-state index contributed by atoms with van der Waals surface area (Å²) >= 11 is 0. The van der Waals surface area contributed by atoms with Crippen molar-refractivity contribution < 1.29 is 9.13 Å². The van der Waals surface area contributed by atoms with Gasteiger partial charge < -0.3 is 15.8 Å². The van der Waals surface area contributed by atoms with Crippen LogP contribution in [-0.2, 0) is 0 Å². The van der Waals surface area contributed by atoms with E-state index in [1.165, 1.54) is 13.2 Å². The molecule has 1 aromatic carbocycles. The Labute approximate surface area is 101 Å². The smallest absolute Gasteiger partial charge is 0.165 e. The van der Waals surface area contributed by atoms with Crippen LogP contribution in [0.1, 0.15) is 25.7 Å². The van der Waals surface area contributed by atoms with Crippen LogP contribution >= 0.6 is 0 Å². The Morgan fingerprint density at radius 2 is 2.00 bits per heavy atom. The van der Waals surface area contributed by atoms with Crippen molar-refractivity contribution in [1.82, 2.24) is 0 Å². The Morgan fingerprint density at radius 3 is 2.65 bits per heavy atom. The second-order valence-electron chi connectivity index (χ2n) is 4.61. The second kappa shape index (κ2) is 5.36. The maximum absolute atomic E-state index is 13.2. The second-order valence-corrected chi connectivity index (χ2v) is 4.61. The van der Waals surface area contributed by atoms with Crippen LogP contribution in [0, 0.1) is 5.82 Å². The van der Waals surface area contributed by atoms with E-state index in [4.69, 9.17) is 10.5 Å². The quantitative estimate of drug-likeness (QED) is 0.850. The number of nitrogens with one attached hydrogen (secondary N) is 1. The van der Waals surface area contributed by atoms with Gasteiger partial charge >= 0.3 is 0 Å². The molecule has 0 bridgehead atoms. The van der Waals surface area contributed by atoms with Crippen LogP contribution < -0.4 is 15.8 Å². The van der Waals surface area contributed by atoms with E-state index in [9.17, 15) is 4.39 Å². The maximum Gasteiger partial charge on any atom is 0.165 e. The molecule has 0 amide bonds. The van der Waals surface area contributed by atoms with Gasteiger partial charge in [0.1, 0.15) is 0 Å². The SMILES string of the molecule is COc1cc(NC2CCC(N)CC2)ccc1F. The van der Waals surface area contributed by atoms with Gasteiger partial charge in [-0.3, -0.25) is 0 Å². The predicted octanol–water partition coefficient (Wildman–Crippen LogP) is 2.52. The molecule has 1 aliphatic rings. The van der Waals surface area contributed by atoms with E-state index in [-0.39, 0.29) is 11.6 Å². The van der Waals surface area contributed by atoms with Crippen molar-refractivity contribution in [3.63, 3.8) is 0 Å². The summed E-state index contributed by atoms with van der Waals surface area (Å²) in [6.45, 7) is 0. The van der Waals surface area contributed by atoms with E-state index < -0.39 is 0 Å². The lowest BCUT2D eigenvalue weighted by molar-refractivity contribution is 0.386. The molecule has 17 heavy (non-hydrogen) atoms. The number of nitrogens with two attached hydrogens (primary N) is 1. The van der Waals surface area contributed by atoms with E-state index in [0.717, 1.165) is 31.4 Å². The summed E-state index contributed by atoms with van der Waals surface area (Å²) in [6, 6.07) is 5.65. The van der Waals surface area contributed by atoms with Crippen molar-refractivity contribution in [1.29, 1.82) is 0 Å². The van der Waals surface area contributed by atoms with Crippen molar-refractivity contribution >= 4 is 5.69 Å². The molecule has 0 aliphatic heterocycles. The van der Waals surface area contributed by atoms with Crippen molar-refractivity contribution in [2.45, 2.75) is 37.8 Å². The number of methoxy groups -OCH3 is 1. The van der Waals surface area contributed by atoms with Crippen LogP contribution in [0.15, 0.2) is 18.2 Å². The molecule has 0 unspecified atom stereocenters. The molecule has 94 valence electrons. The van der Waals surface area contributed by atoms with Gasteiger partial charge in [0.05, 0.1) is 7.11 Å². The minimum absolute atomic E-state index is 0.280. The Morgan fingerprint density at radius 1 is 1.29 bits per heavy atom. The van der Waals surface area contributed by atoms with E-state index >= 15 is 0 Å². The molecule has 1 aromatic rings. The van der Waals surface area contributed by atoms with E-state index in [0.29, 0.717) is 12.1 Å². The average molecular weight is 238 g/mol. The van der Waals surface area contributed by atoms with Gasteiger partial charge in [-0.05, 0) is 37.8 Å². The highest BCUT2D eigenvalue weighted by Crippen LogP contribution is 2.25. The molecule has 0 heterocycles. The van der Waals surface area contributed by atoms with Crippen LogP contribution in [0.3, 0.4) is 0 Å². The number of ether oxygens (including phenoxy) is 1. The third kappa shape index (κ3) is 3.09.